The quantitative estimate of drug-likeness (QED) is 0.487. The number of hydrogen-bond acceptors (Lipinski definition) is 4. The van der Waals surface area contributed by atoms with Gasteiger partial charge in [0.05, 0.1) is 5.39 Å². The molecule has 0 fully saturated rings. The van der Waals surface area contributed by atoms with E-state index >= 15 is 0 Å². The van der Waals surface area contributed by atoms with Gasteiger partial charge in [-0.05, 0) is 30.3 Å². The molecule has 0 bridgehead atoms. The molecule has 0 amide bonds. The minimum absolute atomic E-state index is 0.0859. The summed E-state index contributed by atoms with van der Waals surface area (Å²) < 4.78 is 11.0. The van der Waals surface area contributed by atoms with E-state index in [1.165, 1.54) is 12.1 Å². The number of hydrogen-bond donors (Lipinski definition) is 1. The summed E-state index contributed by atoms with van der Waals surface area (Å²) in [6, 6.07) is 11.9. The van der Waals surface area contributed by atoms with Gasteiger partial charge in [-0.3, -0.25) is 0 Å². The van der Waals surface area contributed by atoms with Crippen molar-refractivity contribution in [1.29, 1.82) is 0 Å². The molecule has 2 aromatic heterocycles. The second-order valence-electron chi connectivity index (χ2n) is 4.37. The highest BCUT2D eigenvalue weighted by Gasteiger charge is 2.15. The van der Waals surface area contributed by atoms with Crippen molar-refractivity contribution in [3.63, 3.8) is 0 Å². The van der Waals surface area contributed by atoms with Crippen LogP contribution in [0.5, 0.6) is 5.75 Å². The average Bonchev–Trinajstić information content (AvgIpc) is 2.78. The van der Waals surface area contributed by atoms with Crippen molar-refractivity contribution in [1.82, 2.24) is 0 Å². The fourth-order valence-corrected chi connectivity index (χ4v) is 2.37. The Morgan fingerprint density at radius 2 is 1.68 bits per heavy atom. The average molecular weight is 252 g/mol. The van der Waals surface area contributed by atoms with E-state index in [2.05, 4.69) is 0 Å². The molecule has 92 valence electrons. The summed E-state index contributed by atoms with van der Waals surface area (Å²) in [5.74, 6) is 0.0859. The van der Waals surface area contributed by atoms with Gasteiger partial charge in [0.2, 0.25) is 0 Å². The Labute approximate surface area is 106 Å². The predicted octanol–water partition coefficient (Wildman–Crippen LogP) is 3.40. The summed E-state index contributed by atoms with van der Waals surface area (Å²) >= 11 is 0. The molecule has 2 heterocycles. The first kappa shape index (κ1) is 10.2. The normalized spacial score (nSPS) is 11.6. The number of phenolic OH excluding ortho intramolecular Hbond substituents is 1. The Morgan fingerprint density at radius 3 is 2.58 bits per heavy atom. The molecule has 0 atom stereocenters. The predicted molar refractivity (Wildman–Crippen MR) is 71.4 cm³/mol. The Balaban J connectivity index is 2.38. The third kappa shape index (κ3) is 1.31. The Bertz CT molecular complexity index is 991. The molecule has 19 heavy (non-hydrogen) atoms. The zero-order chi connectivity index (χ0) is 13.0. The lowest BCUT2D eigenvalue weighted by molar-refractivity contribution is 0.476. The molecule has 0 aliphatic heterocycles. The standard InChI is InChI=1S/C15H8O4/c16-8-5-6-12-10(7-8)13-14(18-12)9-3-1-2-4-11(9)19-15(13)17/h1-7,16H. The number of aromatic hydroxyl groups is 1. The van der Waals surface area contributed by atoms with E-state index in [1.54, 1.807) is 18.2 Å². The van der Waals surface area contributed by atoms with Crippen molar-refractivity contribution in [2.24, 2.45) is 0 Å². The number of fused-ring (bicyclic) bond motifs is 5. The lowest BCUT2D eigenvalue weighted by Crippen LogP contribution is -1.97. The third-order valence-corrected chi connectivity index (χ3v) is 3.21. The summed E-state index contributed by atoms with van der Waals surface area (Å²) in [5, 5.41) is 11.2. The summed E-state index contributed by atoms with van der Waals surface area (Å²) in [6.45, 7) is 0. The van der Waals surface area contributed by atoms with Crippen molar-refractivity contribution >= 4 is 32.9 Å². The van der Waals surface area contributed by atoms with Gasteiger partial charge in [0.1, 0.15) is 22.3 Å². The van der Waals surface area contributed by atoms with Crippen molar-refractivity contribution < 1.29 is 13.9 Å². The zero-order valence-corrected chi connectivity index (χ0v) is 9.71. The molecule has 2 aromatic carbocycles. The number of phenols is 1. The molecule has 0 saturated carbocycles. The van der Waals surface area contributed by atoms with Gasteiger partial charge in [0.15, 0.2) is 5.58 Å². The molecule has 0 saturated heterocycles. The Hall–Kier alpha value is -2.75. The first-order valence-corrected chi connectivity index (χ1v) is 5.81. The summed E-state index contributed by atoms with van der Waals surface area (Å²) in [4.78, 5) is 12.1. The van der Waals surface area contributed by atoms with E-state index in [0.717, 1.165) is 5.39 Å². The molecule has 4 rings (SSSR count). The van der Waals surface area contributed by atoms with Gasteiger partial charge in [-0.25, -0.2) is 4.79 Å². The van der Waals surface area contributed by atoms with Gasteiger partial charge in [0, 0.05) is 5.39 Å². The van der Waals surface area contributed by atoms with Crippen LogP contribution in [0.4, 0.5) is 0 Å². The van der Waals surface area contributed by atoms with Crippen LogP contribution in [0.3, 0.4) is 0 Å². The second kappa shape index (κ2) is 3.38. The number of rotatable bonds is 0. The van der Waals surface area contributed by atoms with Crippen molar-refractivity contribution in [2.45, 2.75) is 0 Å². The van der Waals surface area contributed by atoms with Crippen LogP contribution in [0.25, 0.3) is 32.9 Å². The van der Waals surface area contributed by atoms with E-state index in [0.29, 0.717) is 27.5 Å². The Morgan fingerprint density at radius 1 is 0.895 bits per heavy atom. The summed E-state index contributed by atoms with van der Waals surface area (Å²) in [7, 11) is 0. The van der Waals surface area contributed by atoms with Gasteiger partial charge >= 0.3 is 5.63 Å². The monoisotopic (exact) mass is 252 g/mol. The number of para-hydroxylation sites is 1. The van der Waals surface area contributed by atoms with Gasteiger partial charge < -0.3 is 13.9 Å². The molecular weight excluding hydrogens is 244 g/mol. The van der Waals surface area contributed by atoms with E-state index in [1.807, 2.05) is 12.1 Å². The molecule has 0 aliphatic carbocycles. The smallest absolute Gasteiger partial charge is 0.348 e. The van der Waals surface area contributed by atoms with Crippen LogP contribution in [-0.2, 0) is 0 Å². The SMILES string of the molecule is O=c1oc2ccccc2c2oc3ccc(O)cc3c12. The summed E-state index contributed by atoms with van der Waals surface area (Å²) in [6.07, 6.45) is 0. The lowest BCUT2D eigenvalue weighted by Gasteiger charge is -1.95. The fourth-order valence-electron chi connectivity index (χ4n) is 2.37. The van der Waals surface area contributed by atoms with E-state index in [-0.39, 0.29) is 5.75 Å². The van der Waals surface area contributed by atoms with Crippen molar-refractivity contribution in [2.75, 3.05) is 0 Å². The minimum Gasteiger partial charge on any atom is -0.508 e. The molecule has 4 nitrogen and oxygen atoms in total. The first-order valence-electron chi connectivity index (χ1n) is 5.81. The van der Waals surface area contributed by atoms with Crippen LogP contribution >= 0.6 is 0 Å². The van der Waals surface area contributed by atoms with Crippen LogP contribution in [0.1, 0.15) is 0 Å². The largest absolute Gasteiger partial charge is 0.508 e. The fraction of sp³-hybridized carbons (Fsp3) is 0. The molecule has 1 N–H and O–H groups in total. The van der Waals surface area contributed by atoms with Crippen LogP contribution in [0.15, 0.2) is 56.1 Å². The highest BCUT2D eigenvalue weighted by atomic mass is 16.4. The van der Waals surface area contributed by atoms with Crippen LogP contribution in [0.2, 0.25) is 0 Å². The highest BCUT2D eigenvalue weighted by molar-refractivity contribution is 6.13. The third-order valence-electron chi connectivity index (χ3n) is 3.21. The minimum atomic E-state index is -0.460. The maximum absolute atomic E-state index is 12.1. The maximum atomic E-state index is 12.1. The van der Waals surface area contributed by atoms with Crippen LogP contribution in [-0.4, -0.2) is 5.11 Å². The van der Waals surface area contributed by atoms with Crippen LogP contribution < -0.4 is 5.63 Å². The molecule has 0 aliphatic rings. The van der Waals surface area contributed by atoms with E-state index < -0.39 is 5.63 Å². The topological polar surface area (TPSA) is 63.6 Å². The molecular formula is C15H8O4. The Kier molecular flexibility index (Phi) is 1.82. The highest BCUT2D eigenvalue weighted by Crippen LogP contribution is 2.33. The second-order valence-corrected chi connectivity index (χ2v) is 4.37. The first-order chi connectivity index (χ1) is 9.24. The van der Waals surface area contributed by atoms with Gasteiger partial charge in [-0.15, -0.1) is 0 Å². The molecule has 4 aromatic rings. The van der Waals surface area contributed by atoms with Crippen molar-refractivity contribution in [3.8, 4) is 5.75 Å². The van der Waals surface area contributed by atoms with Crippen molar-refractivity contribution in [3.05, 3.63) is 52.9 Å². The lowest BCUT2D eigenvalue weighted by atomic mass is 10.1. The zero-order valence-electron chi connectivity index (χ0n) is 9.71. The summed E-state index contributed by atoms with van der Waals surface area (Å²) in [5.41, 5.74) is 1.07. The van der Waals surface area contributed by atoms with Crippen LogP contribution in [0, 0.1) is 0 Å². The van der Waals surface area contributed by atoms with E-state index in [4.69, 9.17) is 8.83 Å². The van der Waals surface area contributed by atoms with E-state index in [9.17, 15) is 9.90 Å². The molecule has 0 unspecified atom stereocenters. The number of furan rings is 1. The van der Waals surface area contributed by atoms with Gasteiger partial charge in [-0.2, -0.15) is 0 Å². The maximum Gasteiger partial charge on any atom is 0.348 e. The van der Waals surface area contributed by atoms with Gasteiger partial charge in [-0.1, -0.05) is 12.1 Å². The number of benzene rings is 2. The van der Waals surface area contributed by atoms with Gasteiger partial charge in [0.25, 0.3) is 0 Å². The molecule has 4 heteroatoms. The molecule has 0 radical (unpaired) electrons. The molecule has 0 spiro atoms.